The minimum Gasteiger partial charge on any atom is -0.465 e. The Morgan fingerprint density at radius 2 is 2.14 bits per heavy atom. The highest BCUT2D eigenvalue weighted by molar-refractivity contribution is 7.17. The highest BCUT2D eigenvalue weighted by atomic mass is 32.1. The molecule has 6 heteroatoms. The molecule has 0 unspecified atom stereocenters. The number of thiophene rings is 1. The van der Waals surface area contributed by atoms with Gasteiger partial charge in [0.2, 0.25) is 5.91 Å². The molecule has 0 spiro atoms. The van der Waals surface area contributed by atoms with Crippen molar-refractivity contribution in [2.24, 2.45) is 5.92 Å². The number of carbonyl (C=O) groups excluding carboxylic acids is 2. The van der Waals surface area contributed by atoms with Gasteiger partial charge in [0.05, 0.1) is 12.7 Å². The number of hydrogen-bond donors (Lipinski definition) is 2. The molecule has 2 aliphatic rings. The van der Waals surface area contributed by atoms with Gasteiger partial charge in [-0.05, 0) is 31.4 Å². The molecule has 1 aliphatic heterocycles. The molecule has 0 saturated heterocycles. The van der Waals surface area contributed by atoms with Crippen molar-refractivity contribution in [2.45, 2.75) is 25.8 Å². The lowest BCUT2D eigenvalue weighted by molar-refractivity contribution is -0.119. The summed E-state index contributed by atoms with van der Waals surface area (Å²) in [6.07, 6.45) is 6.37. The third kappa shape index (κ3) is 2.73. The van der Waals surface area contributed by atoms with Gasteiger partial charge in [-0.25, -0.2) is 4.79 Å². The van der Waals surface area contributed by atoms with Crippen molar-refractivity contribution in [1.82, 2.24) is 5.32 Å². The lowest BCUT2D eigenvalue weighted by atomic mass is 10.0. The number of allylic oxidation sites excluding steroid dienone is 2. The SMILES string of the molecule is COC(=O)c1c(NC(=O)C2CC=CC2)sc2c1CCNC2. The van der Waals surface area contributed by atoms with Gasteiger partial charge >= 0.3 is 5.97 Å². The number of anilines is 1. The zero-order valence-corrected chi connectivity index (χ0v) is 12.7. The maximum Gasteiger partial charge on any atom is 0.341 e. The van der Waals surface area contributed by atoms with Crippen molar-refractivity contribution in [2.75, 3.05) is 19.0 Å². The van der Waals surface area contributed by atoms with Gasteiger partial charge in [-0.3, -0.25) is 4.79 Å². The number of ether oxygens (including phenoxy) is 1. The van der Waals surface area contributed by atoms with E-state index in [9.17, 15) is 9.59 Å². The summed E-state index contributed by atoms with van der Waals surface area (Å²) in [6, 6.07) is 0. The molecule has 0 fully saturated rings. The van der Waals surface area contributed by atoms with Crippen LogP contribution in [-0.2, 0) is 22.5 Å². The Bertz CT molecular complexity index is 598. The summed E-state index contributed by atoms with van der Waals surface area (Å²) in [5.74, 6) is -0.404. The fourth-order valence-electron chi connectivity index (χ4n) is 2.79. The third-order valence-corrected chi connectivity index (χ3v) is 5.08. The van der Waals surface area contributed by atoms with Crippen LogP contribution >= 0.6 is 11.3 Å². The average molecular weight is 306 g/mol. The summed E-state index contributed by atoms with van der Waals surface area (Å²) in [4.78, 5) is 25.5. The van der Waals surface area contributed by atoms with E-state index in [4.69, 9.17) is 4.74 Å². The molecule has 1 amide bonds. The summed E-state index contributed by atoms with van der Waals surface area (Å²) in [6.45, 7) is 1.58. The van der Waals surface area contributed by atoms with Gasteiger partial charge in [-0.1, -0.05) is 12.2 Å². The van der Waals surface area contributed by atoms with E-state index in [2.05, 4.69) is 10.6 Å². The molecule has 2 N–H and O–H groups in total. The van der Waals surface area contributed by atoms with Crippen LogP contribution in [0.1, 0.15) is 33.6 Å². The average Bonchev–Trinajstić information content (AvgIpc) is 3.13. The quantitative estimate of drug-likeness (QED) is 0.663. The zero-order chi connectivity index (χ0) is 14.8. The molecule has 0 bridgehead atoms. The van der Waals surface area contributed by atoms with E-state index in [0.29, 0.717) is 10.6 Å². The molecule has 0 atom stereocenters. The molecular formula is C15H18N2O3S. The second kappa shape index (κ2) is 5.99. The van der Waals surface area contributed by atoms with Gasteiger partial charge in [0.1, 0.15) is 5.00 Å². The number of amides is 1. The summed E-state index contributed by atoms with van der Waals surface area (Å²) < 4.78 is 4.89. The van der Waals surface area contributed by atoms with Crippen molar-refractivity contribution in [3.8, 4) is 0 Å². The Morgan fingerprint density at radius 3 is 2.86 bits per heavy atom. The Labute approximate surface area is 127 Å². The van der Waals surface area contributed by atoms with Crippen LogP contribution in [-0.4, -0.2) is 25.5 Å². The Balaban J connectivity index is 1.88. The standard InChI is InChI=1S/C15H18N2O3S/c1-20-15(19)12-10-6-7-16-8-11(10)21-14(12)17-13(18)9-4-2-3-5-9/h2-3,9,16H,4-8H2,1H3,(H,17,18). The minimum absolute atomic E-state index is 0.0169. The summed E-state index contributed by atoms with van der Waals surface area (Å²) in [5, 5.41) is 6.85. The van der Waals surface area contributed by atoms with Crippen LogP contribution in [0.15, 0.2) is 12.2 Å². The highest BCUT2D eigenvalue weighted by Gasteiger charge is 2.28. The third-order valence-electron chi connectivity index (χ3n) is 3.93. The number of rotatable bonds is 3. The van der Waals surface area contributed by atoms with Gasteiger partial charge in [0, 0.05) is 17.3 Å². The van der Waals surface area contributed by atoms with Crippen LogP contribution in [0.3, 0.4) is 0 Å². The van der Waals surface area contributed by atoms with Gasteiger partial charge in [0.15, 0.2) is 0 Å². The van der Waals surface area contributed by atoms with Gasteiger partial charge in [-0.15, -0.1) is 11.3 Å². The van der Waals surface area contributed by atoms with E-state index in [0.717, 1.165) is 42.8 Å². The monoisotopic (exact) mass is 306 g/mol. The van der Waals surface area contributed by atoms with Crippen molar-refractivity contribution in [1.29, 1.82) is 0 Å². The van der Waals surface area contributed by atoms with E-state index >= 15 is 0 Å². The lowest BCUT2D eigenvalue weighted by Crippen LogP contribution is -2.24. The maximum atomic E-state index is 12.3. The van der Waals surface area contributed by atoms with Crippen molar-refractivity contribution < 1.29 is 14.3 Å². The van der Waals surface area contributed by atoms with Crippen LogP contribution in [0.25, 0.3) is 0 Å². The first-order valence-electron chi connectivity index (χ1n) is 7.10. The topological polar surface area (TPSA) is 67.4 Å². The van der Waals surface area contributed by atoms with Crippen LogP contribution in [0.4, 0.5) is 5.00 Å². The number of methoxy groups -OCH3 is 1. The van der Waals surface area contributed by atoms with E-state index in [1.807, 2.05) is 12.2 Å². The molecular weight excluding hydrogens is 288 g/mol. The molecule has 0 saturated carbocycles. The number of fused-ring (bicyclic) bond motifs is 1. The molecule has 3 rings (SSSR count). The lowest BCUT2D eigenvalue weighted by Gasteiger charge is -2.13. The first-order chi connectivity index (χ1) is 10.2. The van der Waals surface area contributed by atoms with Gasteiger partial charge < -0.3 is 15.4 Å². The second-order valence-electron chi connectivity index (χ2n) is 5.26. The summed E-state index contributed by atoms with van der Waals surface area (Å²) in [5.41, 5.74) is 1.56. The Morgan fingerprint density at radius 1 is 1.38 bits per heavy atom. The normalized spacial score (nSPS) is 17.6. The molecule has 21 heavy (non-hydrogen) atoms. The number of nitrogens with one attached hydrogen (secondary N) is 2. The first-order valence-corrected chi connectivity index (χ1v) is 7.91. The van der Waals surface area contributed by atoms with Crippen LogP contribution < -0.4 is 10.6 Å². The second-order valence-corrected chi connectivity index (χ2v) is 6.36. The molecule has 5 nitrogen and oxygen atoms in total. The minimum atomic E-state index is -0.366. The predicted octanol–water partition coefficient (Wildman–Crippen LogP) is 2.09. The van der Waals surface area contributed by atoms with E-state index in [1.54, 1.807) is 0 Å². The van der Waals surface area contributed by atoms with Crippen molar-refractivity contribution >= 4 is 28.2 Å². The molecule has 0 radical (unpaired) electrons. The molecule has 1 aliphatic carbocycles. The largest absolute Gasteiger partial charge is 0.465 e. The molecule has 112 valence electrons. The number of carbonyl (C=O) groups is 2. The van der Waals surface area contributed by atoms with E-state index < -0.39 is 0 Å². The Hall–Kier alpha value is -1.66. The van der Waals surface area contributed by atoms with Crippen molar-refractivity contribution in [3.63, 3.8) is 0 Å². The maximum absolute atomic E-state index is 12.3. The van der Waals surface area contributed by atoms with Gasteiger partial charge in [-0.2, -0.15) is 0 Å². The van der Waals surface area contributed by atoms with Crippen LogP contribution in [0, 0.1) is 5.92 Å². The molecule has 1 aromatic rings. The van der Waals surface area contributed by atoms with E-state index in [-0.39, 0.29) is 17.8 Å². The fourth-order valence-corrected chi connectivity index (χ4v) is 3.99. The van der Waals surface area contributed by atoms with Crippen molar-refractivity contribution in [3.05, 3.63) is 28.2 Å². The van der Waals surface area contributed by atoms with Gasteiger partial charge in [0.25, 0.3) is 0 Å². The van der Waals surface area contributed by atoms with Crippen LogP contribution in [0.2, 0.25) is 0 Å². The summed E-state index contributed by atoms with van der Waals surface area (Å²) in [7, 11) is 1.37. The van der Waals surface area contributed by atoms with Crippen LogP contribution in [0.5, 0.6) is 0 Å². The summed E-state index contributed by atoms with van der Waals surface area (Å²) >= 11 is 1.48. The molecule has 2 heterocycles. The fraction of sp³-hybridized carbons (Fsp3) is 0.467. The number of esters is 1. The number of hydrogen-bond acceptors (Lipinski definition) is 5. The zero-order valence-electron chi connectivity index (χ0n) is 11.9. The molecule has 1 aromatic heterocycles. The van der Waals surface area contributed by atoms with E-state index in [1.165, 1.54) is 18.4 Å². The molecule has 0 aromatic carbocycles. The first kappa shape index (κ1) is 14.3. The highest BCUT2D eigenvalue weighted by Crippen LogP contribution is 2.36. The Kier molecular flexibility index (Phi) is 4.07. The smallest absolute Gasteiger partial charge is 0.341 e. The predicted molar refractivity (Wildman–Crippen MR) is 81.6 cm³/mol.